The van der Waals surface area contributed by atoms with Crippen molar-refractivity contribution in [3.8, 4) is 0 Å². The summed E-state index contributed by atoms with van der Waals surface area (Å²) in [5, 5.41) is 0.923. The zero-order chi connectivity index (χ0) is 14.8. The molecule has 1 aliphatic heterocycles. The molecule has 0 spiro atoms. The SMILES string of the molecule is CC(OC(=O)c1c[nH]c2ccccc12)C1CCCCN1C. The van der Waals surface area contributed by atoms with Crippen molar-refractivity contribution in [1.82, 2.24) is 9.88 Å². The highest BCUT2D eigenvalue weighted by Crippen LogP contribution is 2.23. The average Bonchev–Trinajstić information content (AvgIpc) is 2.91. The number of carbonyl (C=O) groups excluding carboxylic acids is 1. The van der Waals surface area contributed by atoms with Crippen molar-refractivity contribution in [2.75, 3.05) is 13.6 Å². The molecule has 21 heavy (non-hydrogen) atoms. The van der Waals surface area contributed by atoms with Gasteiger partial charge >= 0.3 is 5.97 Å². The average molecular weight is 286 g/mol. The smallest absolute Gasteiger partial charge is 0.340 e. The normalized spacial score (nSPS) is 21.3. The Morgan fingerprint density at radius 1 is 1.38 bits per heavy atom. The van der Waals surface area contributed by atoms with Crippen LogP contribution in [0.5, 0.6) is 0 Å². The van der Waals surface area contributed by atoms with Crippen LogP contribution in [0.25, 0.3) is 10.9 Å². The lowest BCUT2D eigenvalue weighted by molar-refractivity contribution is 0.00139. The second-order valence-corrected chi connectivity index (χ2v) is 5.90. The van der Waals surface area contributed by atoms with Gasteiger partial charge in [-0.1, -0.05) is 24.6 Å². The Bertz CT molecular complexity index is 635. The molecular weight excluding hydrogens is 264 g/mol. The van der Waals surface area contributed by atoms with E-state index in [9.17, 15) is 4.79 Å². The van der Waals surface area contributed by atoms with Crippen LogP contribution in [0.3, 0.4) is 0 Å². The van der Waals surface area contributed by atoms with Gasteiger partial charge in [0.25, 0.3) is 0 Å². The minimum Gasteiger partial charge on any atom is -0.457 e. The van der Waals surface area contributed by atoms with Gasteiger partial charge in [0, 0.05) is 23.1 Å². The summed E-state index contributed by atoms with van der Waals surface area (Å²) in [6, 6.07) is 8.12. The van der Waals surface area contributed by atoms with E-state index in [0.717, 1.165) is 23.9 Å². The zero-order valence-electron chi connectivity index (χ0n) is 12.6. The molecule has 0 amide bonds. The van der Waals surface area contributed by atoms with Gasteiger partial charge in [-0.25, -0.2) is 4.79 Å². The molecular formula is C17H22N2O2. The van der Waals surface area contributed by atoms with Crippen LogP contribution in [0.15, 0.2) is 30.5 Å². The van der Waals surface area contributed by atoms with Crippen LogP contribution in [0.1, 0.15) is 36.5 Å². The Morgan fingerprint density at radius 2 is 2.19 bits per heavy atom. The molecule has 2 unspecified atom stereocenters. The number of hydrogen-bond donors (Lipinski definition) is 1. The van der Waals surface area contributed by atoms with Gasteiger partial charge in [0.15, 0.2) is 0 Å². The van der Waals surface area contributed by atoms with Crippen molar-refractivity contribution in [3.63, 3.8) is 0 Å². The molecule has 2 aromatic rings. The summed E-state index contributed by atoms with van der Waals surface area (Å²) >= 11 is 0. The number of aromatic nitrogens is 1. The van der Waals surface area contributed by atoms with E-state index < -0.39 is 0 Å². The molecule has 1 aliphatic rings. The van der Waals surface area contributed by atoms with Crippen molar-refractivity contribution in [3.05, 3.63) is 36.0 Å². The monoisotopic (exact) mass is 286 g/mol. The molecule has 0 bridgehead atoms. The first kappa shape index (κ1) is 14.1. The fraction of sp³-hybridized carbons (Fsp3) is 0.471. The summed E-state index contributed by atoms with van der Waals surface area (Å²) in [7, 11) is 2.11. The summed E-state index contributed by atoms with van der Waals surface area (Å²) in [6.07, 6.45) is 5.19. The third-order valence-corrected chi connectivity index (χ3v) is 4.47. The van der Waals surface area contributed by atoms with Crippen LogP contribution >= 0.6 is 0 Å². The van der Waals surface area contributed by atoms with Crippen LogP contribution < -0.4 is 0 Å². The third-order valence-electron chi connectivity index (χ3n) is 4.47. The van der Waals surface area contributed by atoms with Crippen LogP contribution in [0.4, 0.5) is 0 Å². The first-order valence-electron chi connectivity index (χ1n) is 7.64. The Labute approximate surface area is 125 Å². The number of benzene rings is 1. The van der Waals surface area contributed by atoms with E-state index in [1.165, 1.54) is 12.8 Å². The number of rotatable bonds is 3. The quantitative estimate of drug-likeness (QED) is 0.881. The van der Waals surface area contributed by atoms with Crippen LogP contribution in [0, 0.1) is 0 Å². The Morgan fingerprint density at radius 3 is 3.00 bits per heavy atom. The number of aromatic amines is 1. The predicted octanol–water partition coefficient (Wildman–Crippen LogP) is 3.20. The Hall–Kier alpha value is -1.81. The number of carbonyl (C=O) groups is 1. The number of ether oxygens (including phenoxy) is 1. The number of likely N-dealkylation sites (tertiary alicyclic amines) is 1. The highest BCUT2D eigenvalue weighted by Gasteiger charge is 2.28. The summed E-state index contributed by atoms with van der Waals surface area (Å²) in [6.45, 7) is 3.08. The first-order valence-corrected chi connectivity index (χ1v) is 7.64. The molecule has 2 atom stereocenters. The Balaban J connectivity index is 1.73. The minimum absolute atomic E-state index is 0.0866. The molecule has 1 aromatic heterocycles. The highest BCUT2D eigenvalue weighted by atomic mass is 16.5. The minimum atomic E-state index is -0.237. The van der Waals surface area contributed by atoms with Crippen molar-refractivity contribution in [2.24, 2.45) is 0 Å². The van der Waals surface area contributed by atoms with Gasteiger partial charge < -0.3 is 9.72 Å². The largest absolute Gasteiger partial charge is 0.457 e. The number of likely N-dealkylation sites (N-methyl/N-ethyl adjacent to an activating group) is 1. The van der Waals surface area contributed by atoms with E-state index in [4.69, 9.17) is 4.74 Å². The summed E-state index contributed by atoms with van der Waals surface area (Å²) in [5.74, 6) is -0.237. The number of nitrogens with one attached hydrogen (secondary N) is 1. The molecule has 4 heteroatoms. The number of fused-ring (bicyclic) bond motifs is 1. The second-order valence-electron chi connectivity index (χ2n) is 5.90. The number of hydrogen-bond acceptors (Lipinski definition) is 3. The number of nitrogens with zero attached hydrogens (tertiary/aromatic N) is 1. The molecule has 1 saturated heterocycles. The fourth-order valence-electron chi connectivity index (χ4n) is 3.25. The zero-order valence-corrected chi connectivity index (χ0v) is 12.6. The van der Waals surface area contributed by atoms with Crippen LogP contribution in [0.2, 0.25) is 0 Å². The number of piperidine rings is 1. The van der Waals surface area contributed by atoms with Crippen LogP contribution in [-0.4, -0.2) is 41.6 Å². The van der Waals surface area contributed by atoms with Crippen molar-refractivity contribution < 1.29 is 9.53 Å². The van der Waals surface area contributed by atoms with Gasteiger partial charge in [0.05, 0.1) is 5.56 Å². The molecule has 112 valence electrons. The molecule has 0 aliphatic carbocycles. The fourth-order valence-corrected chi connectivity index (χ4v) is 3.25. The molecule has 0 radical (unpaired) electrons. The van der Waals surface area contributed by atoms with Crippen LogP contribution in [-0.2, 0) is 4.74 Å². The predicted molar refractivity (Wildman–Crippen MR) is 83.4 cm³/mol. The maximum Gasteiger partial charge on any atom is 0.340 e. The maximum absolute atomic E-state index is 12.4. The van der Waals surface area contributed by atoms with E-state index in [1.54, 1.807) is 6.20 Å². The standard InChI is InChI=1S/C17H22N2O2/c1-12(16-9-5-6-10-19(16)2)21-17(20)14-11-18-15-8-4-3-7-13(14)15/h3-4,7-8,11-12,16,18H,5-6,9-10H2,1-2H3. The van der Waals surface area contributed by atoms with E-state index in [1.807, 2.05) is 31.2 Å². The number of H-pyrrole nitrogens is 1. The first-order chi connectivity index (χ1) is 10.2. The van der Waals surface area contributed by atoms with Gasteiger partial charge in [-0.05, 0) is 39.4 Å². The summed E-state index contributed by atoms with van der Waals surface area (Å²) < 4.78 is 5.71. The molecule has 1 aromatic carbocycles. The van der Waals surface area contributed by atoms with Crippen molar-refractivity contribution >= 4 is 16.9 Å². The van der Waals surface area contributed by atoms with Gasteiger partial charge in [-0.2, -0.15) is 0 Å². The van der Waals surface area contributed by atoms with Gasteiger partial charge in [0.1, 0.15) is 6.10 Å². The summed E-state index contributed by atoms with van der Waals surface area (Å²) in [4.78, 5) is 17.8. The molecule has 3 rings (SSSR count). The van der Waals surface area contributed by atoms with Crippen molar-refractivity contribution in [1.29, 1.82) is 0 Å². The molecule has 1 N–H and O–H groups in total. The van der Waals surface area contributed by atoms with Crippen molar-refractivity contribution in [2.45, 2.75) is 38.3 Å². The number of para-hydroxylation sites is 1. The number of esters is 1. The Kier molecular flexibility index (Phi) is 3.97. The summed E-state index contributed by atoms with van der Waals surface area (Å²) in [5.41, 5.74) is 1.59. The lowest BCUT2D eigenvalue weighted by atomic mass is 9.99. The van der Waals surface area contributed by atoms with E-state index >= 15 is 0 Å². The van der Waals surface area contributed by atoms with Gasteiger partial charge in [-0.15, -0.1) is 0 Å². The van der Waals surface area contributed by atoms with Gasteiger partial charge in [-0.3, -0.25) is 4.90 Å². The molecule has 0 saturated carbocycles. The lowest BCUT2D eigenvalue weighted by Gasteiger charge is -2.35. The van der Waals surface area contributed by atoms with E-state index in [-0.39, 0.29) is 12.1 Å². The topological polar surface area (TPSA) is 45.3 Å². The molecule has 1 fully saturated rings. The third kappa shape index (κ3) is 2.81. The van der Waals surface area contributed by atoms with E-state index in [2.05, 4.69) is 16.9 Å². The van der Waals surface area contributed by atoms with Gasteiger partial charge in [0.2, 0.25) is 0 Å². The second kappa shape index (κ2) is 5.90. The highest BCUT2D eigenvalue weighted by molar-refractivity contribution is 6.04. The maximum atomic E-state index is 12.4. The lowest BCUT2D eigenvalue weighted by Crippen LogP contribution is -2.44. The molecule has 4 nitrogen and oxygen atoms in total. The van der Waals surface area contributed by atoms with E-state index in [0.29, 0.717) is 11.6 Å². The molecule has 2 heterocycles.